The zero-order chi connectivity index (χ0) is 22.0. The van der Waals surface area contributed by atoms with Crippen LogP contribution in [0.4, 0.5) is 11.4 Å². The van der Waals surface area contributed by atoms with E-state index in [0.717, 1.165) is 18.0 Å². The predicted molar refractivity (Wildman–Crippen MR) is 113 cm³/mol. The van der Waals surface area contributed by atoms with Crippen LogP contribution < -0.4 is 10.6 Å². The average molecular weight is 422 g/mol. The maximum Gasteiger partial charge on any atom is 0.261 e. The van der Waals surface area contributed by atoms with Gasteiger partial charge in [0.1, 0.15) is 0 Å². The van der Waals surface area contributed by atoms with Gasteiger partial charge >= 0.3 is 0 Å². The molecule has 1 saturated heterocycles. The first-order valence-electron chi connectivity index (χ1n) is 9.90. The zero-order valence-electron chi connectivity index (χ0n) is 17.0. The van der Waals surface area contributed by atoms with Gasteiger partial charge in [0.15, 0.2) is 0 Å². The number of morpholine rings is 1. The van der Waals surface area contributed by atoms with Gasteiger partial charge in [0, 0.05) is 37.1 Å². The Morgan fingerprint density at radius 3 is 2.19 bits per heavy atom. The van der Waals surface area contributed by atoms with Crippen LogP contribution in [0.15, 0.2) is 42.5 Å². The Bertz CT molecular complexity index is 1040. The first-order valence-corrected chi connectivity index (χ1v) is 9.90. The lowest BCUT2D eigenvalue weighted by atomic mass is 10.1. The third kappa shape index (κ3) is 4.47. The molecule has 2 aromatic carbocycles. The van der Waals surface area contributed by atoms with Crippen molar-refractivity contribution in [2.45, 2.75) is 0 Å². The molecule has 2 aliphatic heterocycles. The van der Waals surface area contributed by atoms with Crippen LogP contribution >= 0.6 is 0 Å². The van der Waals surface area contributed by atoms with E-state index < -0.39 is 11.8 Å². The van der Waals surface area contributed by atoms with Crippen LogP contribution in [0, 0.1) is 0 Å². The summed E-state index contributed by atoms with van der Waals surface area (Å²) < 4.78 is 5.27. The highest BCUT2D eigenvalue weighted by Gasteiger charge is 2.33. The second-order valence-corrected chi connectivity index (χ2v) is 7.40. The van der Waals surface area contributed by atoms with E-state index in [0.29, 0.717) is 36.7 Å². The van der Waals surface area contributed by atoms with Gasteiger partial charge in [-0.2, -0.15) is 0 Å². The second kappa shape index (κ2) is 8.66. The van der Waals surface area contributed by atoms with Crippen molar-refractivity contribution in [3.63, 3.8) is 0 Å². The number of hydrogen-bond donors (Lipinski definition) is 2. The molecule has 2 heterocycles. The number of nitrogens with zero attached hydrogens (tertiary/aromatic N) is 2. The first kappa shape index (κ1) is 20.7. The van der Waals surface area contributed by atoms with Gasteiger partial charge in [-0.3, -0.25) is 29.0 Å². The quantitative estimate of drug-likeness (QED) is 0.706. The van der Waals surface area contributed by atoms with E-state index in [1.54, 1.807) is 24.3 Å². The van der Waals surface area contributed by atoms with Gasteiger partial charge < -0.3 is 15.4 Å². The van der Waals surface area contributed by atoms with Crippen molar-refractivity contribution in [3.8, 4) is 0 Å². The molecule has 0 unspecified atom stereocenters. The number of hydrogen-bond acceptors (Lipinski definition) is 6. The summed E-state index contributed by atoms with van der Waals surface area (Å²) in [5.41, 5.74) is 1.95. The Balaban J connectivity index is 1.36. The van der Waals surface area contributed by atoms with Crippen LogP contribution in [0.1, 0.15) is 31.1 Å². The van der Waals surface area contributed by atoms with Gasteiger partial charge in [-0.05, 0) is 42.5 Å². The number of rotatable bonds is 5. The van der Waals surface area contributed by atoms with Crippen molar-refractivity contribution in [1.82, 2.24) is 9.80 Å². The highest BCUT2D eigenvalue weighted by molar-refractivity contribution is 6.22. The highest BCUT2D eigenvalue weighted by atomic mass is 16.5. The summed E-state index contributed by atoms with van der Waals surface area (Å²) in [4.78, 5) is 51.9. The lowest BCUT2D eigenvalue weighted by molar-refractivity contribution is -0.118. The van der Waals surface area contributed by atoms with Gasteiger partial charge in [-0.1, -0.05) is 0 Å². The Morgan fingerprint density at radius 2 is 1.52 bits per heavy atom. The van der Waals surface area contributed by atoms with E-state index >= 15 is 0 Å². The van der Waals surface area contributed by atoms with Crippen LogP contribution in [0.3, 0.4) is 0 Å². The molecule has 4 rings (SSSR count). The van der Waals surface area contributed by atoms with Crippen molar-refractivity contribution in [1.29, 1.82) is 0 Å². The smallest absolute Gasteiger partial charge is 0.261 e. The predicted octanol–water partition coefficient (Wildman–Crippen LogP) is 1.44. The molecule has 0 aromatic heterocycles. The van der Waals surface area contributed by atoms with E-state index in [-0.39, 0.29) is 22.9 Å². The van der Waals surface area contributed by atoms with E-state index in [1.807, 2.05) is 4.90 Å². The largest absolute Gasteiger partial charge is 0.379 e. The molecular formula is C22H22N4O5. The van der Waals surface area contributed by atoms with Crippen LogP contribution in [-0.2, 0) is 9.53 Å². The van der Waals surface area contributed by atoms with Gasteiger partial charge in [0.05, 0.1) is 30.9 Å². The van der Waals surface area contributed by atoms with Crippen LogP contribution in [0.25, 0.3) is 0 Å². The maximum atomic E-state index is 12.6. The summed E-state index contributed by atoms with van der Waals surface area (Å²) in [6.07, 6.45) is 0. The molecule has 0 atom stereocenters. The zero-order valence-corrected chi connectivity index (χ0v) is 17.0. The van der Waals surface area contributed by atoms with Crippen molar-refractivity contribution < 1.29 is 23.9 Å². The van der Waals surface area contributed by atoms with Gasteiger partial charge in [-0.15, -0.1) is 0 Å². The van der Waals surface area contributed by atoms with Crippen molar-refractivity contribution in [2.24, 2.45) is 0 Å². The van der Waals surface area contributed by atoms with Gasteiger partial charge in [0.25, 0.3) is 17.7 Å². The van der Waals surface area contributed by atoms with Crippen LogP contribution in [-0.4, -0.2) is 73.3 Å². The number of imide groups is 1. The summed E-state index contributed by atoms with van der Waals surface area (Å²) in [5, 5.41) is 5.58. The minimum atomic E-state index is -0.424. The normalized spacial score (nSPS) is 16.2. The lowest BCUT2D eigenvalue weighted by Gasteiger charge is -2.25. The van der Waals surface area contributed by atoms with E-state index in [1.165, 1.54) is 25.2 Å². The number of carbonyl (C=O) groups is 4. The Morgan fingerprint density at radius 1 is 0.903 bits per heavy atom. The number of amides is 4. The molecule has 0 aliphatic carbocycles. The second-order valence-electron chi connectivity index (χ2n) is 7.40. The van der Waals surface area contributed by atoms with Crippen LogP contribution in [0.5, 0.6) is 0 Å². The van der Waals surface area contributed by atoms with Crippen molar-refractivity contribution >= 4 is 35.0 Å². The SMILES string of the molecule is CN1C(=O)c2ccc(C(=O)Nc3ccc(NC(=O)CN4CCOCC4)cc3)cc2C1=O. The standard InChI is InChI=1S/C22H22N4O5/c1-25-21(29)17-7-2-14(12-18(17)22(25)30)20(28)24-16-5-3-15(4-6-16)23-19(27)13-26-8-10-31-11-9-26/h2-7,12H,8-11,13H2,1H3,(H,23,27)(H,24,28). The fourth-order valence-corrected chi connectivity index (χ4v) is 3.51. The maximum absolute atomic E-state index is 12.6. The molecular weight excluding hydrogens is 400 g/mol. The Hall–Kier alpha value is -3.56. The number of fused-ring (bicyclic) bond motifs is 1. The third-order valence-corrected chi connectivity index (χ3v) is 5.25. The molecule has 160 valence electrons. The molecule has 0 saturated carbocycles. The minimum absolute atomic E-state index is 0.110. The van der Waals surface area contributed by atoms with E-state index in [2.05, 4.69) is 10.6 Å². The van der Waals surface area contributed by atoms with E-state index in [4.69, 9.17) is 4.74 Å². The average Bonchev–Trinajstić information content (AvgIpc) is 2.99. The summed E-state index contributed by atoms with van der Waals surface area (Å²) in [6.45, 7) is 3.03. The molecule has 1 fully saturated rings. The molecule has 0 spiro atoms. The molecule has 2 N–H and O–H groups in total. The monoisotopic (exact) mass is 422 g/mol. The Kier molecular flexibility index (Phi) is 5.79. The fraction of sp³-hybridized carbons (Fsp3) is 0.273. The molecule has 4 amide bonds. The fourth-order valence-electron chi connectivity index (χ4n) is 3.51. The van der Waals surface area contributed by atoms with Crippen molar-refractivity contribution in [2.75, 3.05) is 50.5 Å². The van der Waals surface area contributed by atoms with Crippen LogP contribution in [0.2, 0.25) is 0 Å². The van der Waals surface area contributed by atoms with E-state index in [9.17, 15) is 19.2 Å². The molecule has 9 nitrogen and oxygen atoms in total. The van der Waals surface area contributed by atoms with Gasteiger partial charge in [0.2, 0.25) is 5.91 Å². The Labute approximate surface area is 179 Å². The molecule has 0 radical (unpaired) electrons. The molecule has 9 heteroatoms. The lowest BCUT2D eigenvalue weighted by Crippen LogP contribution is -2.41. The molecule has 31 heavy (non-hydrogen) atoms. The number of nitrogens with one attached hydrogen (secondary N) is 2. The van der Waals surface area contributed by atoms with Crippen molar-refractivity contribution in [3.05, 3.63) is 59.2 Å². The summed E-state index contributed by atoms with van der Waals surface area (Å²) in [5.74, 6) is -1.31. The van der Waals surface area contributed by atoms with Gasteiger partial charge in [-0.25, -0.2) is 0 Å². The highest BCUT2D eigenvalue weighted by Crippen LogP contribution is 2.23. The topological polar surface area (TPSA) is 108 Å². The third-order valence-electron chi connectivity index (χ3n) is 5.25. The first-order chi connectivity index (χ1) is 14.9. The summed E-state index contributed by atoms with van der Waals surface area (Å²) in [7, 11) is 1.41. The minimum Gasteiger partial charge on any atom is -0.379 e. The number of anilines is 2. The molecule has 2 aliphatic rings. The molecule has 0 bridgehead atoms. The summed E-state index contributed by atoms with van der Waals surface area (Å²) >= 11 is 0. The summed E-state index contributed by atoms with van der Waals surface area (Å²) in [6, 6.07) is 11.2. The number of benzene rings is 2. The molecule has 2 aromatic rings. The number of carbonyl (C=O) groups excluding carboxylic acids is 4. The number of ether oxygens (including phenoxy) is 1.